The highest BCUT2D eigenvalue weighted by Gasteiger charge is 2.34. The fraction of sp³-hybridized carbons (Fsp3) is 0.933. The molecule has 2 fully saturated rings. The fourth-order valence-electron chi connectivity index (χ4n) is 3.46. The predicted molar refractivity (Wildman–Crippen MR) is 72.0 cm³/mol. The second kappa shape index (κ2) is 5.60. The van der Waals surface area contributed by atoms with Crippen molar-refractivity contribution in [2.45, 2.75) is 52.1 Å². The van der Waals surface area contributed by atoms with E-state index >= 15 is 0 Å². The van der Waals surface area contributed by atoms with E-state index in [0.717, 1.165) is 25.7 Å². The molecule has 18 heavy (non-hydrogen) atoms. The molecule has 1 amide bonds. The van der Waals surface area contributed by atoms with Crippen LogP contribution in [0, 0.1) is 23.7 Å². The van der Waals surface area contributed by atoms with Crippen molar-refractivity contribution >= 4 is 5.91 Å². The van der Waals surface area contributed by atoms with Crippen LogP contribution in [-0.2, 0) is 4.79 Å². The van der Waals surface area contributed by atoms with Crippen LogP contribution in [0.2, 0.25) is 0 Å². The number of hydrogen-bond donors (Lipinski definition) is 1. The van der Waals surface area contributed by atoms with Crippen LogP contribution in [0.5, 0.6) is 0 Å². The number of aliphatic hydroxyl groups excluding tert-OH is 1. The summed E-state index contributed by atoms with van der Waals surface area (Å²) in [7, 11) is 1.85. The Bertz CT molecular complexity index is 291. The first-order chi connectivity index (χ1) is 8.47. The van der Waals surface area contributed by atoms with E-state index in [0.29, 0.717) is 24.3 Å². The molecule has 3 nitrogen and oxygen atoms in total. The van der Waals surface area contributed by atoms with Gasteiger partial charge in [-0.3, -0.25) is 4.79 Å². The van der Waals surface area contributed by atoms with Crippen molar-refractivity contribution in [1.29, 1.82) is 0 Å². The highest BCUT2D eigenvalue weighted by molar-refractivity contribution is 5.78. The minimum atomic E-state index is -0.308. The molecule has 3 unspecified atom stereocenters. The van der Waals surface area contributed by atoms with Crippen LogP contribution < -0.4 is 0 Å². The number of aliphatic hydroxyl groups is 1. The highest BCUT2D eigenvalue weighted by atomic mass is 16.3. The molecule has 0 bridgehead atoms. The Balaban J connectivity index is 1.84. The molecule has 0 radical (unpaired) electrons. The number of nitrogens with zero attached hydrogens (tertiary/aromatic N) is 1. The van der Waals surface area contributed by atoms with E-state index in [4.69, 9.17) is 0 Å². The number of hydrogen-bond acceptors (Lipinski definition) is 2. The molecular formula is C15H27NO2. The summed E-state index contributed by atoms with van der Waals surface area (Å²) in [5.74, 6) is 2.19. The van der Waals surface area contributed by atoms with Gasteiger partial charge in [-0.1, -0.05) is 13.8 Å². The summed E-state index contributed by atoms with van der Waals surface area (Å²) in [6.07, 6.45) is 5.23. The summed E-state index contributed by atoms with van der Waals surface area (Å²) in [6.45, 7) is 5.01. The molecule has 2 aliphatic carbocycles. The van der Waals surface area contributed by atoms with Gasteiger partial charge in [0.1, 0.15) is 0 Å². The minimum absolute atomic E-state index is 0.181. The Morgan fingerprint density at radius 1 is 1.22 bits per heavy atom. The van der Waals surface area contributed by atoms with E-state index < -0.39 is 0 Å². The Kier molecular flexibility index (Phi) is 4.31. The van der Waals surface area contributed by atoms with Crippen LogP contribution in [0.15, 0.2) is 0 Å². The summed E-state index contributed by atoms with van der Waals surface area (Å²) in [5, 5.41) is 9.92. The lowest BCUT2D eigenvalue weighted by Crippen LogP contribution is -2.41. The summed E-state index contributed by atoms with van der Waals surface area (Å²) in [6, 6.07) is 0. The molecule has 0 aliphatic heterocycles. The Hall–Kier alpha value is -0.570. The van der Waals surface area contributed by atoms with E-state index in [1.807, 2.05) is 7.05 Å². The zero-order valence-corrected chi connectivity index (χ0v) is 11.9. The number of amides is 1. The molecule has 0 heterocycles. The van der Waals surface area contributed by atoms with Crippen molar-refractivity contribution in [2.24, 2.45) is 23.7 Å². The molecule has 2 saturated carbocycles. The molecule has 0 aromatic carbocycles. The van der Waals surface area contributed by atoms with Gasteiger partial charge in [0, 0.05) is 19.5 Å². The van der Waals surface area contributed by atoms with Crippen LogP contribution in [-0.4, -0.2) is 35.6 Å². The van der Waals surface area contributed by atoms with E-state index in [-0.39, 0.29) is 17.9 Å². The average Bonchev–Trinajstić information content (AvgIpc) is 3.10. The van der Waals surface area contributed by atoms with Gasteiger partial charge in [0.15, 0.2) is 0 Å². The van der Waals surface area contributed by atoms with E-state index in [9.17, 15) is 9.90 Å². The second-order valence-electron chi connectivity index (χ2n) is 6.74. The third-order valence-electron chi connectivity index (χ3n) is 4.53. The Labute approximate surface area is 111 Å². The number of carbonyl (C=O) groups is 1. The van der Waals surface area contributed by atoms with Gasteiger partial charge < -0.3 is 10.0 Å². The third kappa shape index (κ3) is 3.47. The molecule has 0 aromatic heterocycles. The SMILES string of the molecule is CC1CC(C)CC(C(=O)N(C)CC(O)C2CC2)C1. The first kappa shape index (κ1) is 13.9. The minimum Gasteiger partial charge on any atom is -0.391 e. The molecule has 104 valence electrons. The standard InChI is InChI=1S/C15H27NO2/c1-10-6-11(2)8-13(7-10)15(18)16(3)9-14(17)12-4-5-12/h10-14,17H,4-9H2,1-3H3. The normalized spacial score (nSPS) is 34.1. The van der Waals surface area contributed by atoms with Gasteiger partial charge in [-0.05, 0) is 49.9 Å². The van der Waals surface area contributed by atoms with Crippen molar-refractivity contribution in [2.75, 3.05) is 13.6 Å². The Morgan fingerprint density at radius 3 is 2.28 bits per heavy atom. The smallest absolute Gasteiger partial charge is 0.225 e. The lowest BCUT2D eigenvalue weighted by Gasteiger charge is -2.33. The quantitative estimate of drug-likeness (QED) is 0.835. The summed E-state index contributed by atoms with van der Waals surface area (Å²) in [5.41, 5.74) is 0. The number of likely N-dealkylation sites (N-methyl/N-ethyl adjacent to an activating group) is 1. The third-order valence-corrected chi connectivity index (χ3v) is 4.53. The van der Waals surface area contributed by atoms with E-state index in [1.54, 1.807) is 4.90 Å². The first-order valence-electron chi connectivity index (χ1n) is 7.40. The van der Waals surface area contributed by atoms with Gasteiger partial charge in [0.25, 0.3) is 0 Å². The molecule has 1 N–H and O–H groups in total. The summed E-state index contributed by atoms with van der Waals surface area (Å²) >= 11 is 0. The number of carbonyl (C=O) groups excluding carboxylic acids is 1. The van der Waals surface area contributed by atoms with Crippen LogP contribution >= 0.6 is 0 Å². The average molecular weight is 253 g/mol. The lowest BCUT2D eigenvalue weighted by molar-refractivity contribution is -0.137. The van der Waals surface area contributed by atoms with Gasteiger partial charge in [-0.2, -0.15) is 0 Å². The largest absolute Gasteiger partial charge is 0.391 e. The lowest BCUT2D eigenvalue weighted by atomic mass is 9.76. The molecule has 0 saturated heterocycles. The topological polar surface area (TPSA) is 40.5 Å². The van der Waals surface area contributed by atoms with Crippen LogP contribution in [0.1, 0.15) is 46.0 Å². The molecule has 2 rings (SSSR count). The van der Waals surface area contributed by atoms with Crippen molar-refractivity contribution < 1.29 is 9.90 Å². The highest BCUT2D eigenvalue weighted by Crippen LogP contribution is 2.35. The van der Waals surface area contributed by atoms with E-state index in [2.05, 4.69) is 13.8 Å². The van der Waals surface area contributed by atoms with Crippen molar-refractivity contribution in [3.8, 4) is 0 Å². The maximum Gasteiger partial charge on any atom is 0.225 e. The molecule has 2 aliphatic rings. The van der Waals surface area contributed by atoms with Crippen LogP contribution in [0.4, 0.5) is 0 Å². The molecule has 3 atom stereocenters. The monoisotopic (exact) mass is 253 g/mol. The molecule has 0 aromatic rings. The van der Waals surface area contributed by atoms with Gasteiger partial charge in [0.05, 0.1) is 6.10 Å². The summed E-state index contributed by atoms with van der Waals surface area (Å²) < 4.78 is 0. The van der Waals surface area contributed by atoms with Crippen molar-refractivity contribution in [3.05, 3.63) is 0 Å². The molecular weight excluding hydrogens is 226 g/mol. The van der Waals surface area contributed by atoms with Crippen molar-refractivity contribution in [1.82, 2.24) is 4.90 Å². The second-order valence-corrected chi connectivity index (χ2v) is 6.74. The fourth-order valence-corrected chi connectivity index (χ4v) is 3.46. The zero-order chi connectivity index (χ0) is 13.3. The van der Waals surface area contributed by atoms with Gasteiger partial charge in [0.2, 0.25) is 5.91 Å². The van der Waals surface area contributed by atoms with Gasteiger partial charge >= 0.3 is 0 Å². The molecule has 0 spiro atoms. The number of rotatable bonds is 4. The predicted octanol–water partition coefficient (Wildman–Crippen LogP) is 2.29. The first-order valence-corrected chi connectivity index (χ1v) is 7.40. The van der Waals surface area contributed by atoms with Gasteiger partial charge in [-0.15, -0.1) is 0 Å². The maximum absolute atomic E-state index is 12.4. The van der Waals surface area contributed by atoms with Crippen LogP contribution in [0.3, 0.4) is 0 Å². The van der Waals surface area contributed by atoms with E-state index in [1.165, 1.54) is 6.42 Å². The van der Waals surface area contributed by atoms with Crippen LogP contribution in [0.25, 0.3) is 0 Å². The van der Waals surface area contributed by atoms with Gasteiger partial charge in [-0.25, -0.2) is 0 Å². The maximum atomic E-state index is 12.4. The molecule has 3 heteroatoms. The van der Waals surface area contributed by atoms with Crippen molar-refractivity contribution in [3.63, 3.8) is 0 Å². The summed E-state index contributed by atoms with van der Waals surface area (Å²) in [4.78, 5) is 14.1. The Morgan fingerprint density at radius 2 is 1.78 bits per heavy atom. The zero-order valence-electron chi connectivity index (χ0n) is 11.9.